The first-order valence-corrected chi connectivity index (χ1v) is 8.08. The number of aliphatic hydroxyl groups is 1. The predicted octanol–water partition coefficient (Wildman–Crippen LogP) is 1.00. The van der Waals surface area contributed by atoms with Crippen molar-refractivity contribution in [1.82, 2.24) is 10.6 Å². The van der Waals surface area contributed by atoms with Crippen molar-refractivity contribution in [3.8, 4) is 5.75 Å². The minimum atomic E-state index is -0.253. The lowest BCUT2D eigenvalue weighted by molar-refractivity contribution is -0.121. The summed E-state index contributed by atoms with van der Waals surface area (Å²) in [5.74, 6) is 0.879. The Balaban J connectivity index is 1.40. The summed E-state index contributed by atoms with van der Waals surface area (Å²) in [4.78, 5) is 12.0. The fraction of sp³-hybridized carbons (Fsp3) is 0.588. The van der Waals surface area contributed by atoms with Gasteiger partial charge in [-0.05, 0) is 24.5 Å². The average Bonchev–Trinajstić information content (AvgIpc) is 3.17. The van der Waals surface area contributed by atoms with Crippen LogP contribution in [0.25, 0.3) is 0 Å². The lowest BCUT2D eigenvalue weighted by Crippen LogP contribution is -2.50. The monoisotopic (exact) mass is 304 g/mol. The molecule has 5 nitrogen and oxygen atoms in total. The Labute approximate surface area is 131 Å². The largest absolute Gasteiger partial charge is 0.488 e. The molecule has 1 saturated carbocycles. The highest BCUT2D eigenvalue weighted by atomic mass is 16.5. The summed E-state index contributed by atoms with van der Waals surface area (Å²) < 4.78 is 5.80. The van der Waals surface area contributed by atoms with Gasteiger partial charge in [0.1, 0.15) is 11.9 Å². The lowest BCUT2D eigenvalue weighted by atomic mass is 9.99. The van der Waals surface area contributed by atoms with E-state index >= 15 is 0 Å². The zero-order valence-corrected chi connectivity index (χ0v) is 12.8. The smallest absolute Gasteiger partial charge is 0.234 e. The number of carbonyl (C=O) groups is 1. The standard InChI is InChI=1S/C17H24N2O3/c20-12-17(7-3-4-8-17)19-11-16(21)18-10-14-9-13-5-1-2-6-15(13)22-14/h1-2,5-6,14,19-20H,3-4,7-12H2,(H,18,21). The van der Waals surface area contributed by atoms with Gasteiger partial charge >= 0.3 is 0 Å². The molecule has 3 rings (SSSR count). The fourth-order valence-electron chi connectivity index (χ4n) is 3.37. The Hall–Kier alpha value is -1.59. The second-order valence-electron chi connectivity index (χ2n) is 6.35. The van der Waals surface area contributed by atoms with Crippen molar-refractivity contribution >= 4 is 5.91 Å². The molecule has 0 radical (unpaired) electrons. The van der Waals surface area contributed by atoms with E-state index in [1.54, 1.807) is 0 Å². The van der Waals surface area contributed by atoms with E-state index in [9.17, 15) is 9.90 Å². The molecule has 1 heterocycles. The van der Waals surface area contributed by atoms with Gasteiger partial charge in [-0.1, -0.05) is 31.0 Å². The summed E-state index contributed by atoms with van der Waals surface area (Å²) in [6.07, 6.45) is 4.96. The Morgan fingerprint density at radius 1 is 1.32 bits per heavy atom. The second-order valence-corrected chi connectivity index (χ2v) is 6.35. The Morgan fingerprint density at radius 2 is 2.09 bits per heavy atom. The van der Waals surface area contributed by atoms with E-state index in [1.807, 2.05) is 18.2 Å². The topological polar surface area (TPSA) is 70.6 Å². The lowest BCUT2D eigenvalue weighted by Gasteiger charge is -2.27. The highest BCUT2D eigenvalue weighted by molar-refractivity contribution is 5.78. The van der Waals surface area contributed by atoms with Crippen LogP contribution in [-0.4, -0.2) is 42.4 Å². The molecule has 3 N–H and O–H groups in total. The molecule has 1 aromatic rings. The van der Waals surface area contributed by atoms with Crippen molar-refractivity contribution < 1.29 is 14.6 Å². The van der Waals surface area contributed by atoms with Crippen LogP contribution in [0.3, 0.4) is 0 Å². The molecule has 1 aromatic carbocycles. The third-order valence-corrected chi connectivity index (χ3v) is 4.73. The van der Waals surface area contributed by atoms with Crippen molar-refractivity contribution in [2.75, 3.05) is 19.7 Å². The van der Waals surface area contributed by atoms with Crippen LogP contribution in [0.4, 0.5) is 0 Å². The number of para-hydroxylation sites is 1. The number of aliphatic hydroxyl groups excluding tert-OH is 1. The molecule has 1 atom stereocenters. The number of fused-ring (bicyclic) bond motifs is 1. The zero-order chi connectivity index (χ0) is 15.4. The van der Waals surface area contributed by atoms with Gasteiger partial charge in [0.2, 0.25) is 5.91 Å². The van der Waals surface area contributed by atoms with Gasteiger partial charge in [-0.25, -0.2) is 0 Å². The van der Waals surface area contributed by atoms with E-state index in [1.165, 1.54) is 5.56 Å². The fourth-order valence-corrected chi connectivity index (χ4v) is 3.37. The number of benzene rings is 1. The molecule has 120 valence electrons. The number of hydrogen-bond acceptors (Lipinski definition) is 4. The number of carbonyl (C=O) groups excluding carboxylic acids is 1. The van der Waals surface area contributed by atoms with Crippen LogP contribution in [0.2, 0.25) is 0 Å². The number of hydrogen-bond donors (Lipinski definition) is 3. The highest BCUT2D eigenvalue weighted by Crippen LogP contribution is 2.29. The summed E-state index contributed by atoms with van der Waals surface area (Å²) in [6.45, 7) is 0.864. The number of ether oxygens (including phenoxy) is 1. The highest BCUT2D eigenvalue weighted by Gasteiger charge is 2.33. The van der Waals surface area contributed by atoms with E-state index < -0.39 is 0 Å². The summed E-state index contributed by atoms with van der Waals surface area (Å²) in [7, 11) is 0. The number of nitrogens with one attached hydrogen (secondary N) is 2. The van der Waals surface area contributed by atoms with Crippen molar-refractivity contribution in [3.05, 3.63) is 29.8 Å². The third kappa shape index (κ3) is 3.42. The first kappa shape index (κ1) is 15.3. The van der Waals surface area contributed by atoms with Crippen LogP contribution in [0.1, 0.15) is 31.2 Å². The summed E-state index contributed by atoms with van der Waals surface area (Å²) in [6, 6.07) is 7.98. The van der Waals surface area contributed by atoms with Gasteiger partial charge in [0, 0.05) is 12.0 Å². The molecule has 1 fully saturated rings. The Bertz CT molecular complexity index is 501. The summed E-state index contributed by atoms with van der Waals surface area (Å²) >= 11 is 0. The molecule has 1 unspecified atom stereocenters. The molecule has 1 aliphatic carbocycles. The van der Waals surface area contributed by atoms with Crippen LogP contribution >= 0.6 is 0 Å². The molecule has 0 aromatic heterocycles. The SMILES string of the molecule is O=C(CNC1(CO)CCCC1)NCC1Cc2ccccc2O1. The van der Waals surface area contributed by atoms with E-state index in [4.69, 9.17) is 4.74 Å². The molecule has 2 aliphatic rings. The molecule has 0 saturated heterocycles. The van der Waals surface area contributed by atoms with Crippen molar-refractivity contribution in [2.45, 2.75) is 43.7 Å². The maximum Gasteiger partial charge on any atom is 0.234 e. The van der Waals surface area contributed by atoms with E-state index in [0.717, 1.165) is 37.9 Å². The van der Waals surface area contributed by atoms with E-state index in [-0.39, 0.29) is 30.7 Å². The van der Waals surface area contributed by atoms with Gasteiger partial charge < -0.3 is 20.5 Å². The van der Waals surface area contributed by atoms with Gasteiger partial charge in [-0.3, -0.25) is 4.79 Å². The Morgan fingerprint density at radius 3 is 2.82 bits per heavy atom. The van der Waals surface area contributed by atoms with Crippen LogP contribution in [0.5, 0.6) is 5.75 Å². The number of rotatable bonds is 6. The zero-order valence-electron chi connectivity index (χ0n) is 12.8. The van der Waals surface area contributed by atoms with E-state index in [2.05, 4.69) is 16.7 Å². The van der Waals surface area contributed by atoms with Crippen molar-refractivity contribution in [2.24, 2.45) is 0 Å². The quantitative estimate of drug-likeness (QED) is 0.733. The predicted molar refractivity (Wildman–Crippen MR) is 83.9 cm³/mol. The van der Waals surface area contributed by atoms with Gasteiger partial charge in [-0.15, -0.1) is 0 Å². The van der Waals surface area contributed by atoms with Gasteiger partial charge in [0.05, 0.1) is 19.7 Å². The first-order valence-electron chi connectivity index (χ1n) is 8.08. The molecule has 22 heavy (non-hydrogen) atoms. The van der Waals surface area contributed by atoms with E-state index in [0.29, 0.717) is 6.54 Å². The summed E-state index contributed by atoms with van der Waals surface area (Å²) in [5, 5.41) is 15.7. The first-order chi connectivity index (χ1) is 10.7. The molecular weight excluding hydrogens is 280 g/mol. The van der Waals surface area contributed by atoms with Crippen LogP contribution < -0.4 is 15.4 Å². The maximum atomic E-state index is 12.0. The summed E-state index contributed by atoms with van der Waals surface area (Å²) in [5.41, 5.74) is 0.947. The minimum absolute atomic E-state index is 0.0135. The minimum Gasteiger partial charge on any atom is -0.488 e. The van der Waals surface area contributed by atoms with Crippen LogP contribution in [0, 0.1) is 0 Å². The molecule has 1 aliphatic heterocycles. The third-order valence-electron chi connectivity index (χ3n) is 4.73. The molecule has 0 spiro atoms. The van der Waals surface area contributed by atoms with Gasteiger partial charge in [-0.2, -0.15) is 0 Å². The molecule has 0 bridgehead atoms. The normalized spacial score (nSPS) is 22.1. The van der Waals surface area contributed by atoms with Crippen LogP contribution in [0.15, 0.2) is 24.3 Å². The average molecular weight is 304 g/mol. The Kier molecular flexibility index (Phi) is 4.64. The molecular formula is C17H24N2O3. The second kappa shape index (κ2) is 6.67. The molecule has 1 amide bonds. The van der Waals surface area contributed by atoms with Crippen molar-refractivity contribution in [3.63, 3.8) is 0 Å². The van der Waals surface area contributed by atoms with Crippen LogP contribution in [-0.2, 0) is 11.2 Å². The van der Waals surface area contributed by atoms with Gasteiger partial charge in [0.25, 0.3) is 0 Å². The maximum absolute atomic E-state index is 12.0. The van der Waals surface area contributed by atoms with Gasteiger partial charge in [0.15, 0.2) is 0 Å². The molecule has 5 heteroatoms. The van der Waals surface area contributed by atoms with Crippen molar-refractivity contribution in [1.29, 1.82) is 0 Å². The number of amides is 1.